The predicted octanol–water partition coefficient (Wildman–Crippen LogP) is 3.81. The van der Waals surface area contributed by atoms with E-state index in [0.717, 1.165) is 36.5 Å². The van der Waals surface area contributed by atoms with Gasteiger partial charge in [-0.05, 0) is 23.8 Å². The van der Waals surface area contributed by atoms with Gasteiger partial charge in [0, 0.05) is 6.20 Å². The Morgan fingerprint density at radius 3 is 2.31 bits per heavy atom. The highest BCUT2D eigenvalue weighted by molar-refractivity contribution is 5.41. The highest BCUT2D eigenvalue weighted by Crippen LogP contribution is 2.39. The third-order valence-electron chi connectivity index (χ3n) is 3.58. The summed E-state index contributed by atoms with van der Waals surface area (Å²) >= 11 is 0. The number of rotatable bonds is 3. The fraction of sp³-hybridized carbons (Fsp3) is 0.200. The summed E-state index contributed by atoms with van der Waals surface area (Å²) in [5.74, 6) is -1.61. The number of halogens is 6. The minimum absolute atomic E-state index is 0.0922. The third kappa shape index (κ3) is 3.51. The molecule has 5 nitrogen and oxygen atoms in total. The quantitative estimate of drug-likeness (QED) is 0.709. The van der Waals surface area contributed by atoms with Crippen LogP contribution in [0.4, 0.5) is 26.3 Å². The SMILES string of the molecule is FC(F)(F)c1cccc(C(c2nn[nH]n2)c2ncccc2C(F)(F)F)c1. The van der Waals surface area contributed by atoms with Crippen molar-refractivity contribution in [2.45, 2.75) is 18.3 Å². The van der Waals surface area contributed by atoms with Crippen LogP contribution in [-0.4, -0.2) is 25.6 Å². The van der Waals surface area contributed by atoms with Gasteiger partial charge in [0.1, 0.15) is 0 Å². The number of pyridine rings is 1. The zero-order valence-corrected chi connectivity index (χ0v) is 12.7. The molecule has 0 saturated heterocycles. The largest absolute Gasteiger partial charge is 0.418 e. The van der Waals surface area contributed by atoms with Crippen molar-refractivity contribution in [3.05, 3.63) is 70.8 Å². The minimum Gasteiger partial charge on any atom is -0.260 e. The number of aromatic amines is 1. The van der Waals surface area contributed by atoms with Gasteiger partial charge in [0.05, 0.1) is 22.7 Å². The van der Waals surface area contributed by atoms with E-state index in [2.05, 4.69) is 25.6 Å². The summed E-state index contributed by atoms with van der Waals surface area (Å²) in [6, 6.07) is 5.80. The molecule has 3 aromatic rings. The molecule has 0 aliphatic carbocycles. The van der Waals surface area contributed by atoms with Crippen molar-refractivity contribution in [1.82, 2.24) is 25.6 Å². The number of alkyl halides is 6. The number of hydrogen-bond acceptors (Lipinski definition) is 4. The maximum Gasteiger partial charge on any atom is 0.418 e. The van der Waals surface area contributed by atoms with Crippen molar-refractivity contribution in [3.63, 3.8) is 0 Å². The second kappa shape index (κ2) is 6.39. The van der Waals surface area contributed by atoms with Gasteiger partial charge < -0.3 is 0 Å². The Balaban J connectivity index is 2.22. The number of tetrazole rings is 1. The van der Waals surface area contributed by atoms with E-state index in [1.807, 2.05) is 0 Å². The van der Waals surface area contributed by atoms with E-state index in [-0.39, 0.29) is 11.4 Å². The Morgan fingerprint density at radius 2 is 1.69 bits per heavy atom. The monoisotopic (exact) mass is 373 g/mol. The predicted molar refractivity (Wildman–Crippen MR) is 75.8 cm³/mol. The molecule has 0 bridgehead atoms. The van der Waals surface area contributed by atoms with E-state index in [0.29, 0.717) is 0 Å². The molecular formula is C15H9F6N5. The van der Waals surface area contributed by atoms with Gasteiger partial charge in [-0.2, -0.15) is 31.6 Å². The van der Waals surface area contributed by atoms with Crippen LogP contribution in [0.3, 0.4) is 0 Å². The van der Waals surface area contributed by atoms with Gasteiger partial charge in [-0.25, -0.2) is 0 Å². The van der Waals surface area contributed by atoms with Gasteiger partial charge >= 0.3 is 12.4 Å². The summed E-state index contributed by atoms with van der Waals surface area (Å²) in [4.78, 5) is 3.75. The van der Waals surface area contributed by atoms with Crippen LogP contribution in [-0.2, 0) is 12.4 Å². The van der Waals surface area contributed by atoms with E-state index in [1.165, 1.54) is 6.07 Å². The van der Waals surface area contributed by atoms with Crippen LogP contribution in [0.5, 0.6) is 0 Å². The number of hydrogen-bond donors (Lipinski definition) is 1. The van der Waals surface area contributed by atoms with Crippen molar-refractivity contribution in [1.29, 1.82) is 0 Å². The lowest BCUT2D eigenvalue weighted by molar-refractivity contribution is -0.139. The number of aromatic nitrogens is 5. The van der Waals surface area contributed by atoms with Crippen LogP contribution in [0.15, 0.2) is 42.6 Å². The van der Waals surface area contributed by atoms with E-state index in [1.54, 1.807) is 0 Å². The first kappa shape index (κ1) is 17.8. The van der Waals surface area contributed by atoms with Crippen molar-refractivity contribution in [2.75, 3.05) is 0 Å². The Bertz CT molecular complexity index is 888. The van der Waals surface area contributed by atoms with Gasteiger partial charge in [0.15, 0.2) is 5.82 Å². The van der Waals surface area contributed by atoms with Gasteiger partial charge in [0.2, 0.25) is 0 Å². The van der Waals surface area contributed by atoms with Crippen molar-refractivity contribution in [3.8, 4) is 0 Å². The molecule has 0 radical (unpaired) electrons. The molecule has 136 valence electrons. The van der Waals surface area contributed by atoms with Crippen LogP contribution in [0.25, 0.3) is 0 Å². The Labute approximate surface area is 142 Å². The van der Waals surface area contributed by atoms with E-state index in [9.17, 15) is 26.3 Å². The zero-order chi connectivity index (χ0) is 18.9. The van der Waals surface area contributed by atoms with Crippen molar-refractivity contribution in [2.24, 2.45) is 0 Å². The molecule has 2 heterocycles. The fourth-order valence-electron chi connectivity index (χ4n) is 2.50. The highest BCUT2D eigenvalue weighted by Gasteiger charge is 2.39. The summed E-state index contributed by atoms with van der Waals surface area (Å²) in [6.45, 7) is 0. The maximum atomic E-state index is 13.4. The normalized spacial score (nSPS) is 13.6. The molecule has 2 aromatic heterocycles. The zero-order valence-electron chi connectivity index (χ0n) is 12.7. The van der Waals surface area contributed by atoms with E-state index >= 15 is 0 Å². The second-order valence-electron chi connectivity index (χ2n) is 5.26. The molecule has 1 atom stereocenters. The van der Waals surface area contributed by atoms with Crippen LogP contribution < -0.4 is 0 Å². The Morgan fingerprint density at radius 1 is 0.923 bits per heavy atom. The first-order chi connectivity index (χ1) is 12.2. The summed E-state index contributed by atoms with van der Waals surface area (Å²) in [5, 5.41) is 12.7. The summed E-state index contributed by atoms with van der Waals surface area (Å²) < 4.78 is 79.0. The first-order valence-electron chi connectivity index (χ1n) is 7.10. The Kier molecular flexibility index (Phi) is 4.38. The lowest BCUT2D eigenvalue weighted by atomic mass is 9.90. The van der Waals surface area contributed by atoms with Crippen LogP contribution >= 0.6 is 0 Å². The van der Waals surface area contributed by atoms with Crippen LogP contribution in [0.1, 0.15) is 34.1 Å². The number of nitrogens with zero attached hydrogens (tertiary/aromatic N) is 4. The molecule has 0 amide bonds. The molecule has 0 fully saturated rings. The highest BCUT2D eigenvalue weighted by atomic mass is 19.4. The smallest absolute Gasteiger partial charge is 0.260 e. The molecular weight excluding hydrogens is 364 g/mol. The van der Waals surface area contributed by atoms with Crippen molar-refractivity contribution < 1.29 is 26.3 Å². The Hall–Kier alpha value is -2.98. The van der Waals surface area contributed by atoms with E-state index in [4.69, 9.17) is 0 Å². The van der Waals surface area contributed by atoms with Gasteiger partial charge in [-0.1, -0.05) is 23.4 Å². The molecule has 0 spiro atoms. The van der Waals surface area contributed by atoms with Gasteiger partial charge in [-0.15, -0.1) is 10.2 Å². The van der Waals surface area contributed by atoms with E-state index < -0.39 is 35.1 Å². The number of benzene rings is 1. The number of H-pyrrole nitrogens is 1. The minimum atomic E-state index is -4.76. The summed E-state index contributed by atoms with van der Waals surface area (Å²) in [6.07, 6.45) is -8.30. The number of nitrogens with one attached hydrogen (secondary N) is 1. The third-order valence-corrected chi connectivity index (χ3v) is 3.58. The average molecular weight is 373 g/mol. The second-order valence-corrected chi connectivity index (χ2v) is 5.26. The lowest BCUT2D eigenvalue weighted by Crippen LogP contribution is -2.17. The van der Waals surface area contributed by atoms with Crippen LogP contribution in [0.2, 0.25) is 0 Å². The molecule has 1 N–H and O–H groups in total. The molecule has 0 aliphatic heterocycles. The van der Waals surface area contributed by atoms with Crippen molar-refractivity contribution >= 4 is 0 Å². The van der Waals surface area contributed by atoms with Gasteiger partial charge in [-0.3, -0.25) is 4.98 Å². The summed E-state index contributed by atoms with van der Waals surface area (Å²) in [7, 11) is 0. The molecule has 11 heteroatoms. The molecule has 0 saturated carbocycles. The molecule has 26 heavy (non-hydrogen) atoms. The van der Waals surface area contributed by atoms with Gasteiger partial charge in [0.25, 0.3) is 0 Å². The first-order valence-corrected chi connectivity index (χ1v) is 7.10. The molecule has 1 aromatic carbocycles. The lowest BCUT2D eigenvalue weighted by Gasteiger charge is -2.19. The summed E-state index contributed by atoms with van der Waals surface area (Å²) in [5.41, 5.74) is -2.70. The molecule has 3 rings (SSSR count). The average Bonchev–Trinajstić information content (AvgIpc) is 3.08. The topological polar surface area (TPSA) is 67.3 Å². The molecule has 0 aliphatic rings. The maximum absolute atomic E-state index is 13.4. The van der Waals surface area contributed by atoms with Crippen LogP contribution in [0, 0.1) is 0 Å². The standard InChI is InChI=1S/C15H9F6N5/c16-14(17,18)9-4-1-3-8(7-9)11(13-23-25-26-24-13)12-10(15(19,20)21)5-2-6-22-12/h1-7,11H,(H,23,24,25,26). The molecule has 1 unspecified atom stereocenters. The fourth-order valence-corrected chi connectivity index (χ4v) is 2.50.